The predicted octanol–water partition coefficient (Wildman–Crippen LogP) is 3.46. The molecule has 0 aliphatic carbocycles. The third-order valence-corrected chi connectivity index (χ3v) is 3.99. The smallest absolute Gasteiger partial charge is 0.317 e. The molecule has 126 valence electrons. The largest absolute Gasteiger partial charge is 0.459 e. The van der Waals surface area contributed by atoms with Crippen LogP contribution in [0.15, 0.2) is 28.7 Å². The Hall–Kier alpha value is -2.01. The van der Waals surface area contributed by atoms with Crippen LogP contribution in [0, 0.1) is 12.8 Å². The van der Waals surface area contributed by atoms with E-state index in [2.05, 4.69) is 5.32 Å². The van der Waals surface area contributed by atoms with E-state index in [9.17, 15) is 9.90 Å². The summed E-state index contributed by atoms with van der Waals surface area (Å²) in [6.07, 6.45) is -0.559. The zero-order chi connectivity index (χ0) is 17.1. The van der Waals surface area contributed by atoms with E-state index in [0.29, 0.717) is 0 Å². The molecule has 2 amide bonds. The van der Waals surface area contributed by atoms with Crippen LogP contribution in [0.2, 0.25) is 0 Å². The number of hydrogen-bond donors (Lipinski definition) is 2. The summed E-state index contributed by atoms with van der Waals surface area (Å²) in [5, 5.41) is 13.5. The van der Waals surface area contributed by atoms with Crippen LogP contribution in [0.4, 0.5) is 4.79 Å². The quantitative estimate of drug-likeness (QED) is 0.887. The minimum absolute atomic E-state index is 0.179. The molecule has 0 fully saturated rings. The maximum absolute atomic E-state index is 12.4. The van der Waals surface area contributed by atoms with E-state index in [0.717, 1.165) is 22.3 Å². The highest BCUT2D eigenvalue weighted by molar-refractivity contribution is 5.82. The van der Waals surface area contributed by atoms with Crippen molar-refractivity contribution in [2.45, 2.75) is 39.8 Å². The standard InChI is InChI=1S/C18H26N2O3/c1-11(2)16(19-18(22)20(5)10-12(3)21)17-13(4)14-8-6-7-9-15(14)23-17/h6-9,11-12,16,21H,10H2,1-5H3,(H,19,22). The molecule has 23 heavy (non-hydrogen) atoms. The van der Waals surface area contributed by atoms with Crippen molar-refractivity contribution in [1.29, 1.82) is 0 Å². The molecule has 0 saturated carbocycles. The molecule has 2 atom stereocenters. The van der Waals surface area contributed by atoms with Gasteiger partial charge in [-0.05, 0) is 25.8 Å². The van der Waals surface area contributed by atoms with Crippen LogP contribution >= 0.6 is 0 Å². The Morgan fingerprint density at radius 2 is 1.96 bits per heavy atom. The Morgan fingerprint density at radius 3 is 2.52 bits per heavy atom. The normalized spacial score (nSPS) is 14.0. The van der Waals surface area contributed by atoms with Gasteiger partial charge in [-0.2, -0.15) is 0 Å². The van der Waals surface area contributed by atoms with Crippen molar-refractivity contribution in [2.24, 2.45) is 5.92 Å². The number of carbonyl (C=O) groups is 1. The van der Waals surface area contributed by atoms with Gasteiger partial charge in [-0.15, -0.1) is 0 Å². The summed E-state index contributed by atoms with van der Waals surface area (Å²) < 4.78 is 6.00. The fourth-order valence-electron chi connectivity index (χ4n) is 2.75. The maximum atomic E-state index is 12.4. The highest BCUT2D eigenvalue weighted by atomic mass is 16.3. The number of para-hydroxylation sites is 1. The zero-order valence-corrected chi connectivity index (χ0v) is 14.5. The molecule has 1 aromatic heterocycles. The Balaban J connectivity index is 2.27. The second-order valence-corrected chi connectivity index (χ2v) is 6.49. The summed E-state index contributed by atoms with van der Waals surface area (Å²) in [6, 6.07) is 7.44. The Kier molecular flexibility index (Phi) is 5.31. The number of aliphatic hydroxyl groups is 1. The van der Waals surface area contributed by atoms with Crippen LogP contribution < -0.4 is 5.32 Å². The van der Waals surface area contributed by atoms with Crippen LogP contribution in [0.25, 0.3) is 11.0 Å². The molecule has 1 aromatic carbocycles. The summed E-state index contributed by atoms with van der Waals surface area (Å²) in [7, 11) is 1.67. The van der Waals surface area contributed by atoms with E-state index in [4.69, 9.17) is 4.42 Å². The molecule has 0 bridgehead atoms. The summed E-state index contributed by atoms with van der Waals surface area (Å²) in [4.78, 5) is 13.8. The second-order valence-electron chi connectivity index (χ2n) is 6.49. The average Bonchev–Trinajstić information content (AvgIpc) is 2.81. The number of benzene rings is 1. The van der Waals surface area contributed by atoms with Crippen molar-refractivity contribution in [3.63, 3.8) is 0 Å². The zero-order valence-electron chi connectivity index (χ0n) is 14.5. The molecular formula is C18H26N2O3. The van der Waals surface area contributed by atoms with E-state index >= 15 is 0 Å². The fourth-order valence-corrected chi connectivity index (χ4v) is 2.75. The SMILES string of the molecule is Cc1c(C(NC(=O)N(C)CC(C)O)C(C)C)oc2ccccc12. The first-order valence-corrected chi connectivity index (χ1v) is 7.99. The van der Waals surface area contributed by atoms with Crippen LogP contribution in [0.5, 0.6) is 0 Å². The lowest BCUT2D eigenvalue weighted by molar-refractivity contribution is 0.140. The molecule has 0 spiro atoms. The van der Waals surface area contributed by atoms with Gasteiger partial charge in [-0.25, -0.2) is 4.79 Å². The molecule has 1 heterocycles. The monoisotopic (exact) mass is 318 g/mol. The molecule has 0 aliphatic heterocycles. The number of carbonyl (C=O) groups excluding carboxylic acids is 1. The Morgan fingerprint density at radius 1 is 1.30 bits per heavy atom. The topological polar surface area (TPSA) is 65.7 Å². The summed E-state index contributed by atoms with van der Waals surface area (Å²) in [5.74, 6) is 0.971. The molecule has 5 nitrogen and oxygen atoms in total. The van der Waals surface area contributed by atoms with Gasteiger partial charge in [-0.1, -0.05) is 32.0 Å². The van der Waals surface area contributed by atoms with Crippen molar-refractivity contribution in [2.75, 3.05) is 13.6 Å². The maximum Gasteiger partial charge on any atom is 0.317 e. The van der Waals surface area contributed by atoms with Crippen molar-refractivity contribution in [3.05, 3.63) is 35.6 Å². The third-order valence-electron chi connectivity index (χ3n) is 3.99. The van der Waals surface area contributed by atoms with Gasteiger partial charge in [0.2, 0.25) is 0 Å². The number of amides is 2. The molecular weight excluding hydrogens is 292 g/mol. The van der Waals surface area contributed by atoms with Gasteiger partial charge >= 0.3 is 6.03 Å². The first-order chi connectivity index (χ1) is 10.8. The first kappa shape index (κ1) is 17.3. The molecule has 0 saturated heterocycles. The molecule has 2 rings (SSSR count). The predicted molar refractivity (Wildman–Crippen MR) is 91.4 cm³/mol. The number of furan rings is 1. The number of aryl methyl sites for hydroxylation is 1. The number of nitrogens with zero attached hydrogens (tertiary/aromatic N) is 1. The van der Waals surface area contributed by atoms with Crippen molar-refractivity contribution in [3.8, 4) is 0 Å². The lowest BCUT2D eigenvalue weighted by atomic mass is 9.98. The van der Waals surface area contributed by atoms with E-state index < -0.39 is 6.10 Å². The fraction of sp³-hybridized carbons (Fsp3) is 0.500. The van der Waals surface area contributed by atoms with Gasteiger partial charge in [-0.3, -0.25) is 0 Å². The first-order valence-electron chi connectivity index (χ1n) is 7.99. The third kappa shape index (κ3) is 3.85. The van der Waals surface area contributed by atoms with Crippen molar-refractivity contribution in [1.82, 2.24) is 10.2 Å². The average molecular weight is 318 g/mol. The number of likely N-dealkylation sites (N-methyl/N-ethyl adjacent to an activating group) is 1. The molecule has 2 unspecified atom stereocenters. The summed E-state index contributed by atoms with van der Waals surface area (Å²) in [5.41, 5.74) is 1.88. The molecule has 0 aliphatic rings. The minimum atomic E-state index is -0.559. The van der Waals surface area contributed by atoms with Gasteiger partial charge in [0.25, 0.3) is 0 Å². The van der Waals surface area contributed by atoms with Crippen LogP contribution in [0.1, 0.15) is 38.1 Å². The lowest BCUT2D eigenvalue weighted by Crippen LogP contribution is -2.43. The molecule has 2 N–H and O–H groups in total. The van der Waals surface area contributed by atoms with Gasteiger partial charge in [0.1, 0.15) is 11.3 Å². The summed E-state index contributed by atoms with van der Waals surface area (Å²) in [6.45, 7) is 8.06. The van der Waals surface area contributed by atoms with Gasteiger partial charge in [0.15, 0.2) is 0 Å². The van der Waals surface area contributed by atoms with Crippen molar-refractivity contribution < 1.29 is 14.3 Å². The number of fused-ring (bicyclic) bond motifs is 1. The Labute approximate surface area is 137 Å². The van der Waals surface area contributed by atoms with Gasteiger partial charge in [0.05, 0.1) is 12.1 Å². The van der Waals surface area contributed by atoms with Crippen LogP contribution in [0.3, 0.4) is 0 Å². The van der Waals surface area contributed by atoms with Gasteiger partial charge in [0, 0.05) is 24.5 Å². The minimum Gasteiger partial charge on any atom is -0.459 e. The summed E-state index contributed by atoms with van der Waals surface area (Å²) >= 11 is 0. The number of hydrogen-bond acceptors (Lipinski definition) is 3. The van der Waals surface area contributed by atoms with E-state index in [1.165, 1.54) is 4.90 Å². The lowest BCUT2D eigenvalue weighted by Gasteiger charge is -2.26. The second kappa shape index (κ2) is 7.04. The number of aliphatic hydroxyl groups excluding tert-OH is 1. The molecule has 5 heteroatoms. The Bertz CT molecular complexity index is 676. The molecule has 2 aromatic rings. The highest BCUT2D eigenvalue weighted by Crippen LogP contribution is 2.32. The van der Waals surface area contributed by atoms with Gasteiger partial charge < -0.3 is 19.7 Å². The molecule has 0 radical (unpaired) electrons. The van der Waals surface area contributed by atoms with Crippen LogP contribution in [-0.4, -0.2) is 35.7 Å². The number of nitrogens with one attached hydrogen (secondary N) is 1. The number of rotatable bonds is 5. The van der Waals surface area contributed by atoms with Crippen molar-refractivity contribution >= 4 is 17.0 Å². The van der Waals surface area contributed by atoms with Crippen LogP contribution in [-0.2, 0) is 0 Å². The van der Waals surface area contributed by atoms with E-state index in [1.807, 2.05) is 45.0 Å². The highest BCUT2D eigenvalue weighted by Gasteiger charge is 2.26. The number of urea groups is 1. The van der Waals surface area contributed by atoms with E-state index in [1.54, 1.807) is 14.0 Å². The van der Waals surface area contributed by atoms with E-state index in [-0.39, 0.29) is 24.5 Å².